The highest BCUT2D eigenvalue weighted by atomic mass is 19.4. The Morgan fingerprint density at radius 3 is 2.76 bits per heavy atom. The number of carboxylic acid groups (broad SMARTS) is 1. The summed E-state index contributed by atoms with van der Waals surface area (Å²) in [5.74, 6) is -0.474. The van der Waals surface area contributed by atoms with Crippen LogP contribution in [0, 0.1) is 5.41 Å². The number of ether oxygens (including phenoxy) is 2. The first-order chi connectivity index (χ1) is 9.82. The van der Waals surface area contributed by atoms with E-state index < -0.39 is 24.2 Å². The maximum Gasteiger partial charge on any atom is 0.411 e. The third kappa shape index (κ3) is 3.87. The van der Waals surface area contributed by atoms with Crippen LogP contribution in [0.1, 0.15) is 12.0 Å². The summed E-state index contributed by atoms with van der Waals surface area (Å²) in [6.45, 7) is -1.73. The van der Waals surface area contributed by atoms with Gasteiger partial charge in [0.25, 0.3) is 0 Å². The number of alkyl halides is 3. The van der Waals surface area contributed by atoms with E-state index in [-0.39, 0.29) is 26.1 Å². The molecule has 0 spiro atoms. The monoisotopic (exact) mass is 304 g/mol. The van der Waals surface area contributed by atoms with E-state index in [4.69, 9.17) is 4.74 Å². The molecule has 0 amide bonds. The molecule has 0 fully saturated rings. The largest absolute Gasteiger partial charge is 0.492 e. The SMILES string of the molecule is O=C(O)C1(CCOCC(F)(F)F)COc2ccccc2C1. The van der Waals surface area contributed by atoms with Crippen molar-refractivity contribution in [2.75, 3.05) is 19.8 Å². The first-order valence-corrected chi connectivity index (χ1v) is 6.41. The molecule has 0 saturated heterocycles. The van der Waals surface area contributed by atoms with Gasteiger partial charge in [0.05, 0.1) is 0 Å². The Hall–Kier alpha value is -1.76. The third-order valence-corrected chi connectivity index (χ3v) is 3.45. The third-order valence-electron chi connectivity index (χ3n) is 3.45. The minimum atomic E-state index is -4.41. The Morgan fingerprint density at radius 2 is 2.10 bits per heavy atom. The number of carbonyl (C=O) groups is 1. The highest BCUT2D eigenvalue weighted by molar-refractivity contribution is 5.76. The van der Waals surface area contributed by atoms with Gasteiger partial charge in [-0.2, -0.15) is 13.2 Å². The predicted octanol–water partition coefficient (Wildman–Crippen LogP) is 2.66. The van der Waals surface area contributed by atoms with Crippen LogP contribution in [0.3, 0.4) is 0 Å². The molecule has 1 atom stereocenters. The standard InChI is InChI=1S/C14H15F3O4/c15-14(16,17)9-20-6-5-13(12(18)19)7-10-3-1-2-4-11(10)21-8-13/h1-4H,5-9H2,(H,18,19). The van der Waals surface area contributed by atoms with Crippen molar-refractivity contribution in [1.29, 1.82) is 0 Å². The van der Waals surface area contributed by atoms with Gasteiger partial charge in [-0.05, 0) is 24.5 Å². The lowest BCUT2D eigenvalue weighted by atomic mass is 9.78. The van der Waals surface area contributed by atoms with Crippen LogP contribution >= 0.6 is 0 Å². The molecule has 0 radical (unpaired) electrons. The Labute approximate surface area is 119 Å². The molecule has 0 bridgehead atoms. The van der Waals surface area contributed by atoms with Gasteiger partial charge in [-0.3, -0.25) is 4.79 Å². The van der Waals surface area contributed by atoms with Gasteiger partial charge < -0.3 is 14.6 Å². The Kier molecular flexibility index (Phi) is 4.41. The number of rotatable bonds is 5. The average Bonchev–Trinajstić information content (AvgIpc) is 2.42. The summed E-state index contributed by atoms with van der Waals surface area (Å²) in [6, 6.07) is 7.03. The minimum absolute atomic E-state index is 0.0350. The molecule has 1 aromatic carbocycles. The van der Waals surface area contributed by atoms with Crippen molar-refractivity contribution in [3.8, 4) is 5.75 Å². The van der Waals surface area contributed by atoms with Gasteiger partial charge in [0, 0.05) is 6.61 Å². The second-order valence-electron chi connectivity index (χ2n) is 5.08. The molecule has 2 rings (SSSR count). The minimum Gasteiger partial charge on any atom is -0.492 e. The molecule has 116 valence electrons. The van der Waals surface area contributed by atoms with Gasteiger partial charge in [-0.15, -0.1) is 0 Å². The molecule has 1 aliphatic heterocycles. The summed E-state index contributed by atoms with van der Waals surface area (Å²) in [5.41, 5.74) is -0.512. The summed E-state index contributed by atoms with van der Waals surface area (Å²) < 4.78 is 46.0. The van der Waals surface area contributed by atoms with Crippen molar-refractivity contribution in [3.05, 3.63) is 29.8 Å². The summed E-state index contributed by atoms with van der Waals surface area (Å²) >= 11 is 0. The molecule has 21 heavy (non-hydrogen) atoms. The highest BCUT2D eigenvalue weighted by Crippen LogP contribution is 2.37. The predicted molar refractivity (Wildman–Crippen MR) is 67.2 cm³/mol. The zero-order chi connectivity index (χ0) is 15.5. The summed E-state index contributed by atoms with van der Waals surface area (Å²) in [6.07, 6.45) is -4.23. The summed E-state index contributed by atoms with van der Waals surface area (Å²) in [4.78, 5) is 11.5. The molecule has 1 unspecified atom stereocenters. The molecule has 0 aliphatic carbocycles. The van der Waals surface area contributed by atoms with Crippen molar-refractivity contribution >= 4 is 5.97 Å². The van der Waals surface area contributed by atoms with Gasteiger partial charge in [-0.25, -0.2) is 0 Å². The second kappa shape index (κ2) is 5.93. The van der Waals surface area contributed by atoms with Crippen LogP contribution in [-0.2, 0) is 16.0 Å². The first-order valence-electron chi connectivity index (χ1n) is 6.41. The van der Waals surface area contributed by atoms with Crippen LogP contribution in [0.25, 0.3) is 0 Å². The summed E-state index contributed by atoms with van der Waals surface area (Å²) in [5, 5.41) is 9.42. The Bertz CT molecular complexity index is 515. The maximum atomic E-state index is 12.0. The van der Waals surface area contributed by atoms with E-state index in [0.717, 1.165) is 5.56 Å². The van der Waals surface area contributed by atoms with Crippen molar-refractivity contribution in [2.24, 2.45) is 5.41 Å². The molecule has 1 N–H and O–H groups in total. The van der Waals surface area contributed by atoms with Gasteiger partial charge in [0.1, 0.15) is 24.4 Å². The Morgan fingerprint density at radius 1 is 1.38 bits per heavy atom. The summed E-state index contributed by atoms with van der Waals surface area (Å²) in [7, 11) is 0. The number of fused-ring (bicyclic) bond motifs is 1. The lowest BCUT2D eigenvalue weighted by Gasteiger charge is -2.34. The highest BCUT2D eigenvalue weighted by Gasteiger charge is 2.43. The molecule has 0 saturated carbocycles. The Balaban J connectivity index is 2.01. The smallest absolute Gasteiger partial charge is 0.411 e. The number of para-hydroxylation sites is 1. The number of halogens is 3. The van der Waals surface area contributed by atoms with Crippen molar-refractivity contribution in [3.63, 3.8) is 0 Å². The first kappa shape index (κ1) is 15.6. The normalized spacial score (nSPS) is 21.5. The zero-order valence-electron chi connectivity index (χ0n) is 11.2. The van der Waals surface area contributed by atoms with Crippen LogP contribution in [0.5, 0.6) is 5.75 Å². The lowest BCUT2D eigenvalue weighted by Crippen LogP contribution is -2.43. The fourth-order valence-corrected chi connectivity index (χ4v) is 2.28. The molecule has 1 heterocycles. The van der Waals surface area contributed by atoms with Crippen molar-refractivity contribution < 1.29 is 32.5 Å². The van der Waals surface area contributed by atoms with Gasteiger partial charge in [0.15, 0.2) is 0 Å². The molecular formula is C14H15F3O4. The molecule has 7 heteroatoms. The molecule has 1 aliphatic rings. The maximum absolute atomic E-state index is 12.0. The van der Waals surface area contributed by atoms with Crippen molar-refractivity contribution in [1.82, 2.24) is 0 Å². The zero-order valence-corrected chi connectivity index (χ0v) is 11.2. The van der Waals surface area contributed by atoms with Crippen LogP contribution in [0.4, 0.5) is 13.2 Å². The number of hydrogen-bond donors (Lipinski definition) is 1. The van der Waals surface area contributed by atoms with E-state index in [1.165, 1.54) is 0 Å². The van der Waals surface area contributed by atoms with E-state index in [0.29, 0.717) is 5.75 Å². The van der Waals surface area contributed by atoms with E-state index in [9.17, 15) is 23.1 Å². The van der Waals surface area contributed by atoms with E-state index in [1.54, 1.807) is 24.3 Å². The topological polar surface area (TPSA) is 55.8 Å². The number of carboxylic acids is 1. The molecule has 1 aromatic rings. The van der Waals surface area contributed by atoms with Crippen LogP contribution in [-0.4, -0.2) is 37.1 Å². The van der Waals surface area contributed by atoms with Crippen molar-refractivity contribution in [2.45, 2.75) is 19.0 Å². The van der Waals surface area contributed by atoms with Crippen LogP contribution in [0.2, 0.25) is 0 Å². The molecule has 0 aromatic heterocycles. The number of hydrogen-bond acceptors (Lipinski definition) is 3. The fourth-order valence-electron chi connectivity index (χ4n) is 2.28. The van der Waals surface area contributed by atoms with Gasteiger partial charge >= 0.3 is 12.1 Å². The van der Waals surface area contributed by atoms with E-state index in [2.05, 4.69) is 4.74 Å². The van der Waals surface area contributed by atoms with Crippen LogP contribution < -0.4 is 4.74 Å². The van der Waals surface area contributed by atoms with E-state index in [1.807, 2.05) is 0 Å². The quantitative estimate of drug-likeness (QED) is 0.850. The van der Waals surface area contributed by atoms with Crippen LogP contribution in [0.15, 0.2) is 24.3 Å². The molecule has 4 nitrogen and oxygen atoms in total. The average molecular weight is 304 g/mol. The number of aliphatic carboxylic acids is 1. The van der Waals surface area contributed by atoms with Gasteiger partial charge in [0.2, 0.25) is 0 Å². The van der Waals surface area contributed by atoms with E-state index >= 15 is 0 Å². The number of benzene rings is 1. The molecular weight excluding hydrogens is 289 g/mol. The fraction of sp³-hybridized carbons (Fsp3) is 0.500. The van der Waals surface area contributed by atoms with Gasteiger partial charge in [-0.1, -0.05) is 18.2 Å². The lowest BCUT2D eigenvalue weighted by molar-refractivity contribution is -0.177. The second-order valence-corrected chi connectivity index (χ2v) is 5.08.